The lowest BCUT2D eigenvalue weighted by molar-refractivity contribution is 0.389. The molecule has 0 aliphatic rings. The molecule has 0 aliphatic carbocycles. The van der Waals surface area contributed by atoms with E-state index in [4.69, 9.17) is 14.0 Å². The maximum Gasteiger partial charge on any atom is 0.138 e. The minimum Gasteiger partial charge on any atom is -0.497 e. The number of ether oxygens (including phenoxy) is 2. The van der Waals surface area contributed by atoms with Gasteiger partial charge in [0, 0.05) is 24.2 Å². The summed E-state index contributed by atoms with van der Waals surface area (Å²) in [5.41, 5.74) is 3.14. The summed E-state index contributed by atoms with van der Waals surface area (Å²) in [6.07, 6.45) is 0. The number of nitrogens with zero attached hydrogens (tertiary/aromatic N) is 1. The van der Waals surface area contributed by atoms with E-state index in [1.54, 1.807) is 14.2 Å². The number of methoxy groups -OCH3 is 2. The second kappa shape index (κ2) is 6.63. The molecule has 5 nitrogen and oxygen atoms in total. The van der Waals surface area contributed by atoms with Gasteiger partial charge in [0.2, 0.25) is 0 Å². The van der Waals surface area contributed by atoms with Crippen LogP contribution >= 0.6 is 0 Å². The van der Waals surface area contributed by atoms with Crippen LogP contribution in [0.25, 0.3) is 0 Å². The molecule has 1 unspecified atom stereocenters. The van der Waals surface area contributed by atoms with Crippen molar-refractivity contribution in [2.45, 2.75) is 33.4 Å². The summed E-state index contributed by atoms with van der Waals surface area (Å²) in [6, 6.07) is 6.01. The first-order chi connectivity index (χ1) is 10.0. The summed E-state index contributed by atoms with van der Waals surface area (Å²) in [6.45, 7) is 6.70. The van der Waals surface area contributed by atoms with Crippen molar-refractivity contribution in [3.63, 3.8) is 0 Å². The number of aryl methyl sites for hydroxylation is 2. The van der Waals surface area contributed by atoms with Gasteiger partial charge in [-0.1, -0.05) is 5.16 Å². The third-order valence-electron chi connectivity index (χ3n) is 3.55. The maximum absolute atomic E-state index is 5.28. The van der Waals surface area contributed by atoms with Gasteiger partial charge in [-0.15, -0.1) is 0 Å². The van der Waals surface area contributed by atoms with Crippen LogP contribution in [0.15, 0.2) is 22.7 Å². The first-order valence-corrected chi connectivity index (χ1v) is 6.93. The van der Waals surface area contributed by atoms with E-state index in [0.29, 0.717) is 6.54 Å². The molecule has 5 heteroatoms. The number of hydrogen-bond donors (Lipinski definition) is 1. The summed E-state index contributed by atoms with van der Waals surface area (Å²) in [5.74, 6) is 2.43. The molecule has 0 bridgehead atoms. The summed E-state index contributed by atoms with van der Waals surface area (Å²) < 4.78 is 15.8. The highest BCUT2D eigenvalue weighted by molar-refractivity contribution is 5.38. The Balaban J connectivity index is 2.09. The maximum atomic E-state index is 5.28. The van der Waals surface area contributed by atoms with Gasteiger partial charge in [0.25, 0.3) is 0 Å². The molecular formula is C16H22N2O3. The van der Waals surface area contributed by atoms with Crippen LogP contribution in [0.1, 0.15) is 35.5 Å². The Morgan fingerprint density at radius 3 is 2.24 bits per heavy atom. The molecule has 1 N–H and O–H groups in total. The highest BCUT2D eigenvalue weighted by atomic mass is 16.5. The van der Waals surface area contributed by atoms with Crippen LogP contribution in [0.2, 0.25) is 0 Å². The average Bonchev–Trinajstić information content (AvgIpc) is 2.83. The number of hydrogen-bond acceptors (Lipinski definition) is 5. The lowest BCUT2D eigenvalue weighted by Crippen LogP contribution is -2.19. The second-order valence-corrected chi connectivity index (χ2v) is 5.06. The highest BCUT2D eigenvalue weighted by Gasteiger charge is 2.16. The third kappa shape index (κ3) is 3.55. The van der Waals surface area contributed by atoms with E-state index in [9.17, 15) is 0 Å². The van der Waals surface area contributed by atoms with Crippen LogP contribution in [-0.4, -0.2) is 19.4 Å². The molecule has 1 aromatic heterocycles. The standard InChI is InChI=1S/C16H22N2O3/c1-10(16-11(2)18-21-12(16)3)17-9-13-6-14(19-4)8-15(7-13)20-5/h6-8,10,17H,9H2,1-5H3. The molecule has 2 aromatic rings. The Labute approximate surface area is 125 Å². The van der Waals surface area contributed by atoms with Gasteiger partial charge < -0.3 is 19.3 Å². The molecule has 0 radical (unpaired) electrons. The zero-order chi connectivity index (χ0) is 15.4. The molecule has 0 saturated carbocycles. The van der Waals surface area contributed by atoms with Gasteiger partial charge in [0.15, 0.2) is 0 Å². The number of nitrogens with one attached hydrogen (secondary N) is 1. The van der Waals surface area contributed by atoms with E-state index >= 15 is 0 Å². The summed E-state index contributed by atoms with van der Waals surface area (Å²) in [4.78, 5) is 0. The van der Waals surface area contributed by atoms with Crippen molar-refractivity contribution >= 4 is 0 Å². The quantitative estimate of drug-likeness (QED) is 0.885. The van der Waals surface area contributed by atoms with E-state index in [0.717, 1.165) is 34.1 Å². The summed E-state index contributed by atoms with van der Waals surface area (Å²) in [5, 5.41) is 7.47. The lowest BCUT2D eigenvalue weighted by atomic mass is 10.1. The number of aromatic nitrogens is 1. The topological polar surface area (TPSA) is 56.5 Å². The van der Waals surface area contributed by atoms with E-state index in [1.165, 1.54) is 0 Å². The van der Waals surface area contributed by atoms with Crippen molar-refractivity contribution in [1.29, 1.82) is 0 Å². The summed E-state index contributed by atoms with van der Waals surface area (Å²) >= 11 is 0. The Kier molecular flexibility index (Phi) is 4.85. The van der Waals surface area contributed by atoms with Crippen molar-refractivity contribution in [1.82, 2.24) is 10.5 Å². The molecule has 2 rings (SSSR count). The SMILES string of the molecule is COc1cc(CNC(C)c2c(C)noc2C)cc(OC)c1. The molecule has 0 aliphatic heterocycles. The van der Waals surface area contributed by atoms with E-state index in [1.807, 2.05) is 32.0 Å². The van der Waals surface area contributed by atoms with Crippen molar-refractivity contribution < 1.29 is 14.0 Å². The lowest BCUT2D eigenvalue weighted by Gasteiger charge is -2.15. The Morgan fingerprint density at radius 2 is 1.76 bits per heavy atom. The predicted molar refractivity (Wildman–Crippen MR) is 80.8 cm³/mol. The highest BCUT2D eigenvalue weighted by Crippen LogP contribution is 2.24. The molecule has 0 fully saturated rings. The monoisotopic (exact) mass is 290 g/mol. The van der Waals surface area contributed by atoms with Gasteiger partial charge in [-0.2, -0.15) is 0 Å². The van der Waals surface area contributed by atoms with Crippen molar-refractivity contribution in [2.24, 2.45) is 0 Å². The fourth-order valence-corrected chi connectivity index (χ4v) is 2.45. The van der Waals surface area contributed by atoms with Gasteiger partial charge in [-0.25, -0.2) is 0 Å². The molecule has 1 atom stereocenters. The van der Waals surface area contributed by atoms with Crippen molar-refractivity contribution in [3.8, 4) is 11.5 Å². The fraction of sp³-hybridized carbons (Fsp3) is 0.438. The van der Waals surface area contributed by atoms with Gasteiger partial charge in [-0.05, 0) is 38.5 Å². The fourth-order valence-electron chi connectivity index (χ4n) is 2.45. The molecular weight excluding hydrogens is 268 g/mol. The van der Waals surface area contributed by atoms with Crippen LogP contribution < -0.4 is 14.8 Å². The van der Waals surface area contributed by atoms with Gasteiger partial charge >= 0.3 is 0 Å². The third-order valence-corrected chi connectivity index (χ3v) is 3.55. The predicted octanol–water partition coefficient (Wildman–Crippen LogP) is 3.16. The van der Waals surface area contributed by atoms with E-state index in [-0.39, 0.29) is 6.04 Å². The molecule has 1 heterocycles. The van der Waals surface area contributed by atoms with E-state index < -0.39 is 0 Å². The second-order valence-electron chi connectivity index (χ2n) is 5.06. The van der Waals surface area contributed by atoms with Crippen LogP contribution in [0, 0.1) is 13.8 Å². The van der Waals surface area contributed by atoms with Crippen molar-refractivity contribution in [3.05, 3.63) is 40.8 Å². The van der Waals surface area contributed by atoms with Crippen LogP contribution in [0.4, 0.5) is 0 Å². The molecule has 1 aromatic carbocycles. The van der Waals surface area contributed by atoms with Gasteiger partial charge in [0.1, 0.15) is 17.3 Å². The first kappa shape index (κ1) is 15.4. The molecule has 114 valence electrons. The Morgan fingerprint density at radius 1 is 1.14 bits per heavy atom. The van der Waals surface area contributed by atoms with Gasteiger partial charge in [-0.3, -0.25) is 0 Å². The number of rotatable bonds is 6. The minimum atomic E-state index is 0.161. The molecule has 0 amide bonds. The van der Waals surface area contributed by atoms with Crippen LogP contribution in [0.5, 0.6) is 11.5 Å². The summed E-state index contributed by atoms with van der Waals surface area (Å²) in [7, 11) is 3.30. The van der Waals surface area contributed by atoms with E-state index in [2.05, 4.69) is 17.4 Å². The first-order valence-electron chi connectivity index (χ1n) is 6.93. The van der Waals surface area contributed by atoms with Crippen LogP contribution in [-0.2, 0) is 6.54 Å². The number of benzene rings is 1. The zero-order valence-electron chi connectivity index (χ0n) is 13.2. The molecule has 21 heavy (non-hydrogen) atoms. The average molecular weight is 290 g/mol. The Hall–Kier alpha value is -2.01. The zero-order valence-corrected chi connectivity index (χ0v) is 13.2. The Bertz CT molecular complexity index is 566. The molecule has 0 spiro atoms. The normalized spacial score (nSPS) is 12.2. The van der Waals surface area contributed by atoms with Crippen molar-refractivity contribution in [2.75, 3.05) is 14.2 Å². The largest absolute Gasteiger partial charge is 0.497 e. The van der Waals surface area contributed by atoms with Gasteiger partial charge in [0.05, 0.1) is 19.9 Å². The van der Waals surface area contributed by atoms with Crippen LogP contribution in [0.3, 0.4) is 0 Å². The smallest absolute Gasteiger partial charge is 0.138 e. The minimum absolute atomic E-state index is 0.161. The molecule has 0 saturated heterocycles.